The Morgan fingerprint density at radius 3 is 2.38 bits per heavy atom. The summed E-state index contributed by atoms with van der Waals surface area (Å²) in [7, 11) is 4.30. The number of amides is 1. The Labute approximate surface area is 238 Å². The van der Waals surface area contributed by atoms with Gasteiger partial charge in [0.15, 0.2) is 0 Å². The van der Waals surface area contributed by atoms with Crippen LogP contribution in [0.5, 0.6) is 0 Å². The smallest absolute Gasteiger partial charge is 0.225 e. The van der Waals surface area contributed by atoms with Gasteiger partial charge in [0.25, 0.3) is 0 Å². The zero-order chi connectivity index (χ0) is 27.1. The number of carbonyl (C=O) groups is 1. The van der Waals surface area contributed by atoms with Crippen LogP contribution in [0.4, 0.5) is 5.69 Å². The van der Waals surface area contributed by atoms with E-state index in [4.69, 9.17) is 16.7 Å². The number of anilines is 1. The van der Waals surface area contributed by atoms with E-state index in [0.717, 1.165) is 76.8 Å². The van der Waals surface area contributed by atoms with Gasteiger partial charge in [0.1, 0.15) is 11.9 Å². The lowest BCUT2D eigenvalue weighted by Crippen LogP contribution is -2.54. The van der Waals surface area contributed by atoms with Gasteiger partial charge in [-0.3, -0.25) is 9.80 Å². The Morgan fingerprint density at radius 2 is 1.77 bits per heavy atom. The Kier molecular flexibility index (Phi) is 7.54. The zero-order valence-electron chi connectivity index (χ0n) is 23.6. The van der Waals surface area contributed by atoms with Crippen molar-refractivity contribution in [2.45, 2.75) is 82.7 Å². The minimum absolute atomic E-state index is 0.236. The highest BCUT2D eigenvalue weighted by atomic mass is 35.5. The molecule has 5 aliphatic rings. The van der Waals surface area contributed by atoms with E-state index in [1.165, 1.54) is 31.5 Å². The van der Waals surface area contributed by atoms with Gasteiger partial charge in [-0.05, 0) is 95.0 Å². The molecule has 210 valence electrons. The third kappa shape index (κ3) is 5.27. The Bertz CT molecular complexity index is 1130. The number of nitrogens with zero attached hydrogens (tertiary/aromatic N) is 6. The molecule has 1 atom stereocenters. The van der Waals surface area contributed by atoms with Crippen LogP contribution in [-0.4, -0.2) is 78.8 Å². The molecule has 0 radical (unpaired) electrons. The number of hydrazone groups is 1. The van der Waals surface area contributed by atoms with Crippen molar-refractivity contribution >= 4 is 29.0 Å². The molecule has 1 amide bonds. The lowest BCUT2D eigenvalue weighted by molar-refractivity contribution is -0.147. The van der Waals surface area contributed by atoms with Crippen LogP contribution in [0.1, 0.15) is 76.2 Å². The molecule has 8 heteroatoms. The molecule has 0 bridgehead atoms. The first-order valence-corrected chi connectivity index (χ1v) is 15.5. The van der Waals surface area contributed by atoms with E-state index in [-0.39, 0.29) is 5.92 Å². The summed E-state index contributed by atoms with van der Waals surface area (Å²) < 4.78 is 0. The standard InChI is InChI=1S/C31H43ClN6O/c1-35(2)25-9-13-37(14-10-25)30(39)24-19-31(20-24)11-15-36(16-12-31)29-18-28(22-5-3-4-6-22)38(34-29)26-8-7-23(21-33)27(32)17-26/h7-8,17,22,24-25,28H,3-6,9-16,18-20H2,1-2H3. The van der Waals surface area contributed by atoms with Crippen molar-refractivity contribution in [3.05, 3.63) is 28.8 Å². The summed E-state index contributed by atoms with van der Waals surface area (Å²) in [6.07, 6.45) is 12.8. The molecule has 6 rings (SSSR count). The van der Waals surface area contributed by atoms with Crippen LogP contribution in [0.15, 0.2) is 23.3 Å². The van der Waals surface area contributed by atoms with Gasteiger partial charge in [-0.2, -0.15) is 10.4 Å². The molecule has 0 aromatic heterocycles. The Morgan fingerprint density at radius 1 is 1.08 bits per heavy atom. The van der Waals surface area contributed by atoms with Gasteiger partial charge >= 0.3 is 0 Å². The second kappa shape index (κ2) is 10.9. The maximum absolute atomic E-state index is 13.2. The summed E-state index contributed by atoms with van der Waals surface area (Å²) >= 11 is 6.42. The monoisotopic (exact) mass is 550 g/mol. The second-order valence-electron chi connectivity index (χ2n) is 13.1. The fourth-order valence-corrected chi connectivity index (χ4v) is 8.29. The van der Waals surface area contributed by atoms with Crippen molar-refractivity contribution in [1.29, 1.82) is 5.26 Å². The van der Waals surface area contributed by atoms with E-state index >= 15 is 0 Å². The topological polar surface area (TPSA) is 66.2 Å². The lowest BCUT2D eigenvalue weighted by atomic mass is 9.57. The van der Waals surface area contributed by atoms with Crippen molar-refractivity contribution in [3.8, 4) is 6.07 Å². The van der Waals surface area contributed by atoms with Gasteiger partial charge in [-0.15, -0.1) is 0 Å². The third-order valence-corrected chi connectivity index (χ3v) is 10.9. The number of benzene rings is 1. The number of piperidine rings is 2. The van der Waals surface area contributed by atoms with Crippen molar-refractivity contribution in [2.75, 3.05) is 45.3 Å². The minimum atomic E-state index is 0.236. The van der Waals surface area contributed by atoms with Crippen LogP contribution < -0.4 is 5.01 Å². The van der Waals surface area contributed by atoms with Crippen LogP contribution in [-0.2, 0) is 4.79 Å². The number of likely N-dealkylation sites (tertiary alicyclic amines) is 2. The number of nitriles is 1. The molecule has 3 heterocycles. The summed E-state index contributed by atoms with van der Waals surface area (Å²) in [5.74, 6) is 2.51. The van der Waals surface area contributed by atoms with Gasteiger partial charge in [0.05, 0.1) is 22.3 Å². The fraction of sp³-hybridized carbons (Fsp3) is 0.710. The van der Waals surface area contributed by atoms with Crippen molar-refractivity contribution in [3.63, 3.8) is 0 Å². The molecule has 2 aliphatic carbocycles. The maximum Gasteiger partial charge on any atom is 0.225 e. The largest absolute Gasteiger partial charge is 0.359 e. The molecule has 4 fully saturated rings. The molecule has 0 N–H and O–H groups in total. The number of hydrogen-bond acceptors (Lipinski definition) is 6. The molecule has 2 saturated heterocycles. The van der Waals surface area contributed by atoms with E-state index in [9.17, 15) is 10.1 Å². The SMILES string of the molecule is CN(C)C1CCN(C(=O)C2CC3(CCN(C4=NN(c5ccc(C#N)c(Cl)c5)C(C5CCCC5)C4)CC3)C2)CC1. The predicted molar refractivity (Wildman–Crippen MR) is 156 cm³/mol. The first-order chi connectivity index (χ1) is 18.9. The summed E-state index contributed by atoms with van der Waals surface area (Å²) in [6.45, 7) is 3.91. The number of carbonyl (C=O) groups excluding carboxylic acids is 1. The van der Waals surface area contributed by atoms with Crippen molar-refractivity contribution in [2.24, 2.45) is 22.4 Å². The highest BCUT2D eigenvalue weighted by Crippen LogP contribution is 2.53. The van der Waals surface area contributed by atoms with Gasteiger partial charge in [0, 0.05) is 44.6 Å². The molecular formula is C31H43ClN6O. The van der Waals surface area contributed by atoms with Crippen LogP contribution in [0, 0.1) is 28.6 Å². The number of hydrogen-bond donors (Lipinski definition) is 0. The summed E-state index contributed by atoms with van der Waals surface area (Å²) in [5, 5.41) is 17.2. The number of rotatable bonds is 4. The fourth-order valence-electron chi connectivity index (χ4n) is 8.07. The molecule has 39 heavy (non-hydrogen) atoms. The average molecular weight is 551 g/mol. The van der Waals surface area contributed by atoms with Crippen LogP contribution in [0.2, 0.25) is 5.02 Å². The maximum atomic E-state index is 13.2. The highest BCUT2D eigenvalue weighted by molar-refractivity contribution is 6.32. The zero-order valence-corrected chi connectivity index (χ0v) is 24.4. The van der Waals surface area contributed by atoms with Crippen LogP contribution >= 0.6 is 11.6 Å². The minimum Gasteiger partial charge on any atom is -0.359 e. The molecule has 1 aromatic rings. The average Bonchev–Trinajstić information content (AvgIpc) is 3.62. The predicted octanol–water partition coefficient (Wildman–Crippen LogP) is 5.34. The molecule has 1 aromatic carbocycles. The van der Waals surface area contributed by atoms with Crippen LogP contribution in [0.3, 0.4) is 0 Å². The van der Waals surface area contributed by atoms with Gasteiger partial charge in [-0.25, -0.2) is 0 Å². The third-order valence-electron chi connectivity index (χ3n) is 10.6. The normalized spacial score (nSPS) is 26.3. The molecule has 3 aliphatic heterocycles. The van der Waals surface area contributed by atoms with E-state index < -0.39 is 0 Å². The second-order valence-corrected chi connectivity index (χ2v) is 13.5. The Hall–Kier alpha value is -2.30. The van der Waals surface area contributed by atoms with Crippen molar-refractivity contribution in [1.82, 2.24) is 14.7 Å². The molecular weight excluding hydrogens is 508 g/mol. The van der Waals surface area contributed by atoms with Gasteiger partial charge in [-0.1, -0.05) is 24.4 Å². The molecule has 2 saturated carbocycles. The number of halogens is 1. The quantitative estimate of drug-likeness (QED) is 0.506. The van der Waals surface area contributed by atoms with Crippen LogP contribution in [0.25, 0.3) is 0 Å². The summed E-state index contributed by atoms with van der Waals surface area (Å²) in [5.41, 5.74) is 1.86. The lowest BCUT2D eigenvalue weighted by Gasteiger charge is -2.53. The highest BCUT2D eigenvalue weighted by Gasteiger charge is 2.50. The first-order valence-electron chi connectivity index (χ1n) is 15.1. The van der Waals surface area contributed by atoms with E-state index in [0.29, 0.717) is 39.9 Å². The van der Waals surface area contributed by atoms with E-state index in [1.54, 1.807) is 0 Å². The Balaban J connectivity index is 1.06. The first kappa shape index (κ1) is 26.9. The summed E-state index contributed by atoms with van der Waals surface area (Å²) in [6, 6.07) is 8.88. The number of amidine groups is 1. The van der Waals surface area contributed by atoms with E-state index in [2.05, 4.69) is 39.9 Å². The molecule has 1 unspecified atom stereocenters. The van der Waals surface area contributed by atoms with Gasteiger partial charge < -0.3 is 14.7 Å². The molecule has 7 nitrogen and oxygen atoms in total. The van der Waals surface area contributed by atoms with Crippen molar-refractivity contribution < 1.29 is 4.79 Å². The molecule has 1 spiro atoms. The van der Waals surface area contributed by atoms with Gasteiger partial charge in [0.2, 0.25) is 5.91 Å². The van der Waals surface area contributed by atoms with E-state index in [1.807, 2.05) is 18.2 Å². The summed E-state index contributed by atoms with van der Waals surface area (Å²) in [4.78, 5) is 20.2.